The van der Waals surface area contributed by atoms with E-state index in [1.807, 2.05) is 4.90 Å². The fourth-order valence-electron chi connectivity index (χ4n) is 2.26. The Bertz CT molecular complexity index is 193. The Labute approximate surface area is 73.3 Å². The molecule has 0 aromatic rings. The fourth-order valence-corrected chi connectivity index (χ4v) is 2.26. The molecule has 2 aliphatic rings. The van der Waals surface area contributed by atoms with Gasteiger partial charge < -0.3 is 4.90 Å². The molecule has 68 valence electrons. The first-order chi connectivity index (χ1) is 5.83. The predicted octanol–water partition coefficient (Wildman–Crippen LogP) is 0.313. The minimum absolute atomic E-state index is 0.235. The van der Waals surface area contributed by atoms with Crippen molar-refractivity contribution in [2.75, 3.05) is 26.2 Å². The molecule has 0 aliphatic carbocycles. The van der Waals surface area contributed by atoms with Crippen LogP contribution in [0.2, 0.25) is 0 Å². The van der Waals surface area contributed by atoms with Crippen molar-refractivity contribution in [3.8, 4) is 0 Å². The van der Waals surface area contributed by atoms with Gasteiger partial charge in [0.2, 0.25) is 5.91 Å². The van der Waals surface area contributed by atoms with Gasteiger partial charge in [-0.15, -0.1) is 0 Å². The average Bonchev–Trinajstić information content (AvgIpc) is 2.53. The standard InChI is InChI=1S/C9H16N2O/c1-2-10-6-7-11-5-3-4-8(11)9(10)12/h8H,2-7H2,1H3/t8-/m0/s1. The number of likely N-dealkylation sites (N-methyl/N-ethyl adjacent to an activating group) is 1. The molecule has 0 bridgehead atoms. The van der Waals surface area contributed by atoms with Crippen molar-refractivity contribution in [1.82, 2.24) is 9.80 Å². The molecule has 0 N–H and O–H groups in total. The maximum atomic E-state index is 11.7. The van der Waals surface area contributed by atoms with Crippen LogP contribution >= 0.6 is 0 Å². The minimum atomic E-state index is 0.235. The topological polar surface area (TPSA) is 23.6 Å². The number of hydrogen-bond donors (Lipinski definition) is 0. The largest absolute Gasteiger partial charge is 0.340 e. The van der Waals surface area contributed by atoms with Crippen molar-refractivity contribution < 1.29 is 4.79 Å². The normalized spacial score (nSPS) is 30.9. The first-order valence-corrected chi connectivity index (χ1v) is 4.85. The first kappa shape index (κ1) is 8.05. The number of carbonyl (C=O) groups excluding carboxylic acids is 1. The van der Waals surface area contributed by atoms with E-state index >= 15 is 0 Å². The van der Waals surface area contributed by atoms with E-state index in [1.165, 1.54) is 6.42 Å². The fraction of sp³-hybridized carbons (Fsp3) is 0.889. The molecule has 0 aromatic heterocycles. The Morgan fingerprint density at radius 1 is 1.42 bits per heavy atom. The van der Waals surface area contributed by atoms with Crippen LogP contribution in [0.15, 0.2) is 0 Å². The highest BCUT2D eigenvalue weighted by Gasteiger charge is 2.36. The lowest BCUT2D eigenvalue weighted by Gasteiger charge is -2.36. The Morgan fingerprint density at radius 2 is 2.25 bits per heavy atom. The van der Waals surface area contributed by atoms with Crippen molar-refractivity contribution in [2.45, 2.75) is 25.8 Å². The van der Waals surface area contributed by atoms with Gasteiger partial charge in [0.25, 0.3) is 0 Å². The van der Waals surface area contributed by atoms with E-state index in [1.54, 1.807) is 0 Å². The molecule has 0 radical (unpaired) electrons. The van der Waals surface area contributed by atoms with Crippen LogP contribution < -0.4 is 0 Å². The maximum Gasteiger partial charge on any atom is 0.239 e. The Hall–Kier alpha value is -0.570. The highest BCUT2D eigenvalue weighted by atomic mass is 16.2. The van der Waals surface area contributed by atoms with E-state index in [4.69, 9.17) is 0 Å². The molecule has 2 aliphatic heterocycles. The zero-order chi connectivity index (χ0) is 8.55. The average molecular weight is 168 g/mol. The predicted molar refractivity (Wildman–Crippen MR) is 46.8 cm³/mol. The third-order valence-corrected chi connectivity index (χ3v) is 3.00. The molecule has 2 rings (SSSR count). The number of piperazine rings is 1. The van der Waals surface area contributed by atoms with Crippen molar-refractivity contribution in [1.29, 1.82) is 0 Å². The number of nitrogens with zero attached hydrogens (tertiary/aromatic N) is 2. The quantitative estimate of drug-likeness (QED) is 0.562. The highest BCUT2D eigenvalue weighted by Crippen LogP contribution is 2.22. The van der Waals surface area contributed by atoms with Crippen molar-refractivity contribution in [3.05, 3.63) is 0 Å². The van der Waals surface area contributed by atoms with E-state index in [-0.39, 0.29) is 6.04 Å². The van der Waals surface area contributed by atoms with Crippen LogP contribution in [0.1, 0.15) is 19.8 Å². The Balaban J connectivity index is 2.07. The van der Waals surface area contributed by atoms with Crippen LogP contribution in [0.5, 0.6) is 0 Å². The molecular formula is C9H16N2O. The van der Waals surface area contributed by atoms with Crippen LogP contribution in [-0.2, 0) is 4.79 Å². The monoisotopic (exact) mass is 168 g/mol. The third kappa shape index (κ3) is 1.12. The van der Waals surface area contributed by atoms with Crippen molar-refractivity contribution in [2.24, 2.45) is 0 Å². The summed E-state index contributed by atoms with van der Waals surface area (Å²) >= 11 is 0. The van der Waals surface area contributed by atoms with E-state index in [9.17, 15) is 4.79 Å². The van der Waals surface area contributed by atoms with Crippen LogP contribution in [0.4, 0.5) is 0 Å². The second kappa shape index (κ2) is 3.05. The van der Waals surface area contributed by atoms with Crippen molar-refractivity contribution in [3.63, 3.8) is 0 Å². The van der Waals surface area contributed by atoms with Crippen molar-refractivity contribution >= 4 is 5.91 Å². The lowest BCUT2D eigenvalue weighted by atomic mass is 10.1. The van der Waals surface area contributed by atoms with Gasteiger partial charge in [-0.25, -0.2) is 0 Å². The summed E-state index contributed by atoms with van der Waals surface area (Å²) in [6, 6.07) is 0.235. The molecule has 3 heteroatoms. The van der Waals surface area contributed by atoms with Gasteiger partial charge in [-0.1, -0.05) is 0 Å². The van der Waals surface area contributed by atoms with Gasteiger partial charge in [0, 0.05) is 19.6 Å². The second-order valence-electron chi connectivity index (χ2n) is 3.61. The first-order valence-electron chi connectivity index (χ1n) is 4.85. The zero-order valence-electron chi connectivity index (χ0n) is 7.62. The minimum Gasteiger partial charge on any atom is -0.340 e. The lowest BCUT2D eigenvalue weighted by Crippen LogP contribution is -2.54. The summed E-state index contributed by atoms with van der Waals surface area (Å²) in [5.74, 6) is 0.362. The van der Waals surface area contributed by atoms with Gasteiger partial charge in [-0.05, 0) is 26.3 Å². The van der Waals surface area contributed by atoms with Crippen LogP contribution in [-0.4, -0.2) is 47.9 Å². The summed E-state index contributed by atoms with van der Waals surface area (Å²) in [6.45, 7) is 6.09. The van der Waals surface area contributed by atoms with Crippen LogP contribution in [0.3, 0.4) is 0 Å². The number of rotatable bonds is 1. The number of hydrogen-bond acceptors (Lipinski definition) is 2. The molecule has 0 unspecified atom stereocenters. The third-order valence-electron chi connectivity index (χ3n) is 3.00. The molecule has 12 heavy (non-hydrogen) atoms. The summed E-state index contributed by atoms with van der Waals surface area (Å²) in [7, 11) is 0. The summed E-state index contributed by atoms with van der Waals surface area (Å²) in [5, 5.41) is 0. The molecule has 0 spiro atoms. The van der Waals surface area contributed by atoms with Gasteiger partial charge >= 0.3 is 0 Å². The lowest BCUT2D eigenvalue weighted by molar-refractivity contribution is -0.139. The van der Waals surface area contributed by atoms with E-state index in [0.717, 1.165) is 32.6 Å². The van der Waals surface area contributed by atoms with E-state index in [2.05, 4.69) is 11.8 Å². The summed E-state index contributed by atoms with van der Waals surface area (Å²) < 4.78 is 0. The van der Waals surface area contributed by atoms with E-state index < -0.39 is 0 Å². The molecule has 0 saturated carbocycles. The maximum absolute atomic E-state index is 11.7. The molecule has 3 nitrogen and oxygen atoms in total. The highest BCUT2D eigenvalue weighted by molar-refractivity contribution is 5.82. The molecule has 2 fully saturated rings. The van der Waals surface area contributed by atoms with Gasteiger partial charge in [-0.2, -0.15) is 0 Å². The summed E-state index contributed by atoms with van der Waals surface area (Å²) in [5.41, 5.74) is 0. The summed E-state index contributed by atoms with van der Waals surface area (Å²) in [6.07, 6.45) is 2.28. The molecule has 0 aromatic carbocycles. The van der Waals surface area contributed by atoms with Crippen LogP contribution in [0.25, 0.3) is 0 Å². The van der Waals surface area contributed by atoms with Crippen LogP contribution in [0, 0.1) is 0 Å². The van der Waals surface area contributed by atoms with E-state index in [0.29, 0.717) is 5.91 Å². The Kier molecular flexibility index (Phi) is 2.05. The Morgan fingerprint density at radius 3 is 3.00 bits per heavy atom. The molecular weight excluding hydrogens is 152 g/mol. The molecule has 2 heterocycles. The zero-order valence-corrected chi connectivity index (χ0v) is 7.62. The molecule has 1 atom stereocenters. The van der Waals surface area contributed by atoms with Gasteiger partial charge in [-0.3, -0.25) is 9.69 Å². The van der Waals surface area contributed by atoms with Gasteiger partial charge in [0.05, 0.1) is 6.04 Å². The smallest absolute Gasteiger partial charge is 0.239 e. The second-order valence-corrected chi connectivity index (χ2v) is 3.61. The molecule has 2 saturated heterocycles. The number of carbonyl (C=O) groups is 1. The molecule has 1 amide bonds. The van der Waals surface area contributed by atoms with Gasteiger partial charge in [0.15, 0.2) is 0 Å². The number of fused-ring (bicyclic) bond motifs is 1. The summed E-state index contributed by atoms with van der Waals surface area (Å²) in [4.78, 5) is 16.0. The van der Waals surface area contributed by atoms with Gasteiger partial charge in [0.1, 0.15) is 0 Å². The number of amides is 1. The SMILES string of the molecule is CCN1CCN2CCC[C@H]2C1=O.